The number of carbonyl (C=O) groups excluding carboxylic acids is 1. The second kappa shape index (κ2) is 6.57. The lowest BCUT2D eigenvalue weighted by Crippen LogP contribution is -2.35. The van der Waals surface area contributed by atoms with Crippen LogP contribution in [0, 0.1) is 0 Å². The molecule has 0 saturated heterocycles. The van der Waals surface area contributed by atoms with Gasteiger partial charge in [-0.1, -0.05) is 32.9 Å². The van der Waals surface area contributed by atoms with Gasteiger partial charge in [0.2, 0.25) is 0 Å². The highest BCUT2D eigenvalue weighted by Gasteiger charge is 2.07. The fourth-order valence-electron chi connectivity index (χ4n) is 2.03. The van der Waals surface area contributed by atoms with E-state index in [0.29, 0.717) is 5.92 Å². The zero-order valence-electron chi connectivity index (χ0n) is 13.1. The summed E-state index contributed by atoms with van der Waals surface area (Å²) in [5, 5.41) is 6.82. The molecule has 2 aromatic rings. The molecule has 4 nitrogen and oxygen atoms in total. The number of rotatable bonds is 4. The smallest absolute Gasteiger partial charge is 0.319 e. The van der Waals surface area contributed by atoms with Gasteiger partial charge >= 0.3 is 6.03 Å². The van der Waals surface area contributed by atoms with Gasteiger partial charge in [-0.05, 0) is 37.5 Å². The van der Waals surface area contributed by atoms with Gasteiger partial charge in [0, 0.05) is 25.7 Å². The summed E-state index contributed by atoms with van der Waals surface area (Å²) >= 11 is 0. The first kappa shape index (κ1) is 15.3. The van der Waals surface area contributed by atoms with Gasteiger partial charge < -0.3 is 10.6 Å². The Bertz CT molecular complexity index is 647. The van der Waals surface area contributed by atoms with E-state index < -0.39 is 0 Å². The first-order chi connectivity index (χ1) is 9.99. The normalized spacial score (nSPS) is 12.4. The number of nitrogens with one attached hydrogen (secondary N) is 2. The van der Waals surface area contributed by atoms with Crippen LogP contribution in [0.1, 0.15) is 48.6 Å². The quantitative estimate of drug-likeness (QED) is 0.851. The summed E-state index contributed by atoms with van der Waals surface area (Å²) < 4.78 is 0. The Morgan fingerprint density at radius 1 is 1.24 bits per heavy atom. The second-order valence-corrected chi connectivity index (χ2v) is 5.71. The minimum absolute atomic E-state index is 0. The average Bonchev–Trinajstić information content (AvgIpc) is 2.46. The Kier molecular flexibility index (Phi) is 4.78. The first-order valence-corrected chi connectivity index (χ1v) is 7.47. The molecule has 1 unspecified atom stereocenters. The molecule has 116 valence electrons. The van der Waals surface area contributed by atoms with Gasteiger partial charge in [0.15, 0.2) is 0 Å². The third kappa shape index (κ3) is 3.94. The van der Waals surface area contributed by atoms with Gasteiger partial charge in [0.1, 0.15) is 0 Å². The molecule has 0 fully saturated rings. The van der Waals surface area contributed by atoms with Crippen molar-refractivity contribution in [2.45, 2.75) is 46.1 Å². The molecule has 0 saturated carbocycles. The van der Waals surface area contributed by atoms with Gasteiger partial charge in [-0.15, -0.1) is 0 Å². The molecule has 2 rings (SSSR count). The number of carbonyl (C=O) groups is 1. The maximum absolute atomic E-state index is 11.9. The van der Waals surface area contributed by atoms with E-state index in [2.05, 4.69) is 41.6 Å². The molecule has 0 aliphatic rings. The third-order valence-electron chi connectivity index (χ3n) is 3.55. The Labute approximate surface area is 128 Å². The minimum Gasteiger partial charge on any atom is -0.335 e. The summed E-state index contributed by atoms with van der Waals surface area (Å²) in [6, 6.07) is 9.90. The number of nitrogens with zero attached hydrogens (tertiary/aromatic N) is 1. The average molecular weight is 289 g/mol. The van der Waals surface area contributed by atoms with Gasteiger partial charge in [-0.2, -0.15) is 0 Å². The number of aromatic nitrogens is 1. The van der Waals surface area contributed by atoms with E-state index in [1.165, 1.54) is 0 Å². The molecule has 0 radical (unpaired) electrons. The highest BCUT2D eigenvalue weighted by molar-refractivity contribution is 5.92. The van der Waals surface area contributed by atoms with Crippen LogP contribution in [0.4, 0.5) is 10.5 Å². The zero-order valence-corrected chi connectivity index (χ0v) is 13.1. The number of amides is 2. The van der Waals surface area contributed by atoms with Crippen molar-refractivity contribution in [3.05, 3.63) is 36.0 Å². The molecule has 1 atom stereocenters. The molecule has 1 aromatic carbocycles. The molecule has 1 aromatic heterocycles. The number of pyridine rings is 1. The molecular formula is C17H27N3O. The van der Waals surface area contributed by atoms with Crippen LogP contribution in [-0.2, 0) is 0 Å². The molecule has 0 spiro atoms. The van der Waals surface area contributed by atoms with Crippen molar-refractivity contribution in [1.29, 1.82) is 0 Å². The van der Waals surface area contributed by atoms with Crippen LogP contribution in [0.15, 0.2) is 30.3 Å². The molecule has 0 bridgehead atoms. The van der Waals surface area contributed by atoms with Crippen LogP contribution < -0.4 is 10.6 Å². The van der Waals surface area contributed by atoms with Crippen LogP contribution in [0.5, 0.6) is 0 Å². The number of fused-ring (bicyclic) bond motifs is 1. The monoisotopic (exact) mass is 289 g/mol. The molecule has 1 heterocycles. The summed E-state index contributed by atoms with van der Waals surface area (Å²) in [6.45, 7) is 8.26. The highest BCUT2D eigenvalue weighted by atomic mass is 16.2. The van der Waals surface area contributed by atoms with Crippen molar-refractivity contribution >= 4 is 22.6 Å². The Morgan fingerprint density at radius 2 is 1.95 bits per heavy atom. The molecular weight excluding hydrogens is 262 g/mol. The zero-order chi connectivity index (χ0) is 15.4. The summed E-state index contributed by atoms with van der Waals surface area (Å²) in [4.78, 5) is 16.5. The van der Waals surface area contributed by atoms with Crippen LogP contribution in [0.25, 0.3) is 10.9 Å². The Balaban J connectivity index is 0.00000242. The molecule has 21 heavy (non-hydrogen) atoms. The molecule has 0 aliphatic carbocycles. The number of urea groups is 1. The van der Waals surface area contributed by atoms with Gasteiger partial charge in [-0.3, -0.25) is 4.98 Å². The lowest BCUT2D eigenvalue weighted by Gasteiger charge is -2.13. The Morgan fingerprint density at radius 3 is 2.62 bits per heavy atom. The van der Waals surface area contributed by atoms with Crippen LogP contribution in [0.3, 0.4) is 0 Å². The summed E-state index contributed by atoms with van der Waals surface area (Å²) in [7, 11) is 0. The SMILES string of the molecule is CCC(C)NC(=O)Nc1ccc2ccc(C(C)C)nc2c1.[HH].[HH]. The van der Waals surface area contributed by atoms with Crippen molar-refractivity contribution in [2.24, 2.45) is 0 Å². The number of benzene rings is 1. The maximum atomic E-state index is 11.9. The predicted octanol–water partition coefficient (Wildman–Crippen LogP) is 4.77. The summed E-state index contributed by atoms with van der Waals surface area (Å²) in [5.41, 5.74) is 2.72. The van der Waals surface area contributed by atoms with Gasteiger partial charge in [0.05, 0.1) is 5.52 Å². The van der Waals surface area contributed by atoms with Crippen molar-refractivity contribution in [3.63, 3.8) is 0 Å². The van der Waals surface area contributed by atoms with E-state index in [0.717, 1.165) is 28.7 Å². The van der Waals surface area contributed by atoms with Gasteiger partial charge in [0.25, 0.3) is 0 Å². The summed E-state index contributed by atoms with van der Waals surface area (Å²) in [5.74, 6) is 0.389. The van der Waals surface area contributed by atoms with Crippen molar-refractivity contribution in [1.82, 2.24) is 10.3 Å². The van der Waals surface area contributed by atoms with Crippen molar-refractivity contribution in [3.8, 4) is 0 Å². The largest absolute Gasteiger partial charge is 0.335 e. The fraction of sp³-hybridized carbons (Fsp3) is 0.412. The maximum Gasteiger partial charge on any atom is 0.319 e. The second-order valence-electron chi connectivity index (χ2n) is 5.71. The van der Waals surface area contributed by atoms with E-state index in [4.69, 9.17) is 0 Å². The third-order valence-corrected chi connectivity index (χ3v) is 3.55. The molecule has 2 amide bonds. The van der Waals surface area contributed by atoms with E-state index in [1.807, 2.05) is 32.0 Å². The van der Waals surface area contributed by atoms with Crippen molar-refractivity contribution < 1.29 is 7.65 Å². The molecule has 2 N–H and O–H groups in total. The van der Waals surface area contributed by atoms with Crippen molar-refractivity contribution in [2.75, 3.05) is 5.32 Å². The highest BCUT2D eigenvalue weighted by Crippen LogP contribution is 2.21. The van der Waals surface area contributed by atoms with E-state index in [-0.39, 0.29) is 14.9 Å². The summed E-state index contributed by atoms with van der Waals surface area (Å²) in [6.07, 6.45) is 0.907. The van der Waals surface area contributed by atoms with Crippen LogP contribution >= 0.6 is 0 Å². The standard InChI is InChI=1S/C17H23N3O.2H2/c1-5-12(4)18-17(21)19-14-8-6-13-7-9-15(11(2)3)20-16(13)10-14;;/h6-12H,5H2,1-4H3,(H2,18,19,21);2*1H. The van der Waals surface area contributed by atoms with E-state index in [1.54, 1.807) is 0 Å². The molecule has 0 aliphatic heterocycles. The number of hydrogen-bond donors (Lipinski definition) is 2. The lowest BCUT2D eigenvalue weighted by atomic mass is 10.1. The Hall–Kier alpha value is -2.10. The lowest BCUT2D eigenvalue weighted by molar-refractivity contribution is 0.249. The predicted molar refractivity (Wildman–Crippen MR) is 92.0 cm³/mol. The number of anilines is 1. The van der Waals surface area contributed by atoms with E-state index >= 15 is 0 Å². The van der Waals surface area contributed by atoms with Gasteiger partial charge in [-0.25, -0.2) is 4.79 Å². The minimum atomic E-state index is -0.177. The van der Waals surface area contributed by atoms with Crippen LogP contribution in [0.2, 0.25) is 0 Å². The van der Waals surface area contributed by atoms with Crippen LogP contribution in [-0.4, -0.2) is 17.1 Å². The molecule has 4 heteroatoms. The topological polar surface area (TPSA) is 54.0 Å². The van der Waals surface area contributed by atoms with E-state index in [9.17, 15) is 4.79 Å². The number of hydrogen-bond acceptors (Lipinski definition) is 2. The fourth-order valence-corrected chi connectivity index (χ4v) is 2.03. The first-order valence-electron chi connectivity index (χ1n) is 7.47.